The van der Waals surface area contributed by atoms with E-state index in [9.17, 15) is 22.8 Å². The van der Waals surface area contributed by atoms with Gasteiger partial charge in [-0.05, 0) is 71.0 Å². The van der Waals surface area contributed by atoms with Crippen LogP contribution in [-0.4, -0.2) is 30.0 Å². The van der Waals surface area contributed by atoms with Gasteiger partial charge >= 0.3 is 18.4 Å². The number of allylic oxidation sites excluding steroid dienone is 2. The van der Waals surface area contributed by atoms with Crippen LogP contribution in [0, 0.1) is 11.8 Å². The highest BCUT2D eigenvalue weighted by molar-refractivity contribution is 14.1. The number of unbranched alkanes of at least 4 members (excludes halogenated alkanes) is 3. The zero-order valence-electron chi connectivity index (χ0n) is 26.1. The summed E-state index contributed by atoms with van der Waals surface area (Å²) >= 11 is 9.00. The summed E-state index contributed by atoms with van der Waals surface area (Å²) in [7, 11) is 0. The summed E-state index contributed by atoms with van der Waals surface area (Å²) in [5.41, 5.74) is 0.874. The molecule has 0 aliphatic carbocycles. The van der Waals surface area contributed by atoms with Gasteiger partial charge in [0, 0.05) is 31.2 Å². The van der Waals surface area contributed by atoms with Gasteiger partial charge in [-0.1, -0.05) is 89.7 Å². The van der Waals surface area contributed by atoms with Crippen molar-refractivity contribution in [3.05, 3.63) is 73.5 Å². The lowest BCUT2D eigenvalue weighted by atomic mass is 9.86. The van der Waals surface area contributed by atoms with Crippen LogP contribution < -0.4 is 4.90 Å². The average molecular weight is 759 g/mol. The topological polar surface area (TPSA) is 60.8 Å². The molecule has 0 saturated heterocycles. The van der Waals surface area contributed by atoms with E-state index >= 15 is 0 Å². The summed E-state index contributed by atoms with van der Waals surface area (Å²) in [4.78, 5) is 29.4. The maximum absolute atomic E-state index is 14.1. The Labute approximate surface area is 281 Å². The van der Waals surface area contributed by atoms with E-state index in [1.807, 2.05) is 39.8 Å². The van der Waals surface area contributed by atoms with Crippen molar-refractivity contribution in [1.29, 1.82) is 0 Å². The largest absolute Gasteiger partial charge is 0.449 e. The Morgan fingerprint density at radius 2 is 1.60 bits per heavy atom. The molecule has 0 N–H and O–H groups in total. The lowest BCUT2D eigenvalue weighted by Crippen LogP contribution is -2.38. The fourth-order valence-electron chi connectivity index (χ4n) is 5.45. The standard InChI is InChI=1S/C34H39ClF3IN2O4/c1-6-7-8-9-14-26-30(39)28(23-12-10-11-13-25(23)35)29-24-16-15-22(34(36,37)38)17-27(24)41(33(43)45-19-21(4)5)31(29)40(26)32(42)44-18-20(2)3/h10-13,15-17,20-21,28H,6-9,14,18-19H2,1-5H3. The molecule has 1 atom stereocenters. The lowest BCUT2D eigenvalue weighted by Gasteiger charge is -2.36. The van der Waals surface area contributed by atoms with Crippen LogP contribution in [0.2, 0.25) is 5.02 Å². The van der Waals surface area contributed by atoms with Gasteiger partial charge in [-0.15, -0.1) is 0 Å². The number of benzene rings is 2. The molecule has 0 bridgehead atoms. The highest BCUT2D eigenvalue weighted by atomic mass is 127. The number of hydrogen-bond acceptors (Lipinski definition) is 4. The smallest absolute Gasteiger partial charge is 0.420 e. The molecule has 1 unspecified atom stereocenters. The molecule has 1 aliphatic rings. The van der Waals surface area contributed by atoms with E-state index in [0.717, 1.165) is 46.0 Å². The molecule has 1 amide bonds. The van der Waals surface area contributed by atoms with Gasteiger partial charge in [0.05, 0.1) is 24.3 Å². The molecule has 3 aromatic rings. The normalized spacial score (nSPS) is 15.3. The van der Waals surface area contributed by atoms with Crippen LogP contribution in [0.5, 0.6) is 0 Å². The van der Waals surface area contributed by atoms with Crippen LogP contribution in [0.3, 0.4) is 0 Å². The van der Waals surface area contributed by atoms with Gasteiger partial charge in [-0.3, -0.25) is 0 Å². The fourth-order valence-corrected chi connectivity index (χ4v) is 6.85. The van der Waals surface area contributed by atoms with Gasteiger partial charge in [0.25, 0.3) is 0 Å². The maximum Gasteiger partial charge on any atom is 0.420 e. The van der Waals surface area contributed by atoms with E-state index in [2.05, 4.69) is 29.5 Å². The summed E-state index contributed by atoms with van der Waals surface area (Å²) in [6.45, 7) is 9.81. The summed E-state index contributed by atoms with van der Waals surface area (Å²) in [6, 6.07) is 10.6. The molecular formula is C34H39ClF3IN2O4. The van der Waals surface area contributed by atoms with Crippen molar-refractivity contribution in [1.82, 2.24) is 4.57 Å². The highest BCUT2D eigenvalue weighted by Crippen LogP contribution is 2.54. The van der Waals surface area contributed by atoms with Crippen molar-refractivity contribution in [3.8, 4) is 0 Å². The summed E-state index contributed by atoms with van der Waals surface area (Å²) in [5.74, 6) is -0.456. The van der Waals surface area contributed by atoms with Crippen molar-refractivity contribution in [3.63, 3.8) is 0 Å². The number of carbonyl (C=O) groups is 2. The van der Waals surface area contributed by atoms with E-state index in [0.29, 0.717) is 33.7 Å². The molecule has 0 saturated carbocycles. The first-order valence-corrected chi connectivity index (χ1v) is 16.8. The minimum absolute atomic E-state index is 0.0151. The van der Waals surface area contributed by atoms with E-state index in [1.54, 1.807) is 12.1 Å². The second-order valence-electron chi connectivity index (χ2n) is 12.1. The lowest BCUT2D eigenvalue weighted by molar-refractivity contribution is -0.137. The minimum atomic E-state index is -4.67. The van der Waals surface area contributed by atoms with Crippen molar-refractivity contribution < 1.29 is 32.2 Å². The number of carbonyl (C=O) groups excluding carboxylic acids is 2. The number of hydrogen-bond donors (Lipinski definition) is 0. The quantitative estimate of drug-likeness (QED) is 0.153. The summed E-state index contributed by atoms with van der Waals surface area (Å²) < 4.78 is 55.4. The van der Waals surface area contributed by atoms with E-state index in [1.165, 1.54) is 11.0 Å². The number of nitrogens with zero attached hydrogens (tertiary/aromatic N) is 2. The van der Waals surface area contributed by atoms with E-state index in [4.69, 9.17) is 21.1 Å². The number of amides is 1. The van der Waals surface area contributed by atoms with Gasteiger partial charge < -0.3 is 9.47 Å². The molecule has 0 spiro atoms. The number of alkyl halides is 3. The number of fused-ring (bicyclic) bond motifs is 3. The molecule has 1 aliphatic heterocycles. The first-order valence-electron chi connectivity index (χ1n) is 15.3. The molecular weight excluding hydrogens is 720 g/mol. The third-order valence-electron chi connectivity index (χ3n) is 7.54. The fraction of sp³-hybridized carbons (Fsp3) is 0.471. The molecule has 4 rings (SSSR count). The Bertz CT molecular complexity index is 1580. The van der Waals surface area contributed by atoms with Gasteiger partial charge in [-0.25, -0.2) is 19.1 Å². The molecule has 45 heavy (non-hydrogen) atoms. The Kier molecular flexibility index (Phi) is 11.5. The highest BCUT2D eigenvalue weighted by Gasteiger charge is 2.43. The predicted molar refractivity (Wildman–Crippen MR) is 180 cm³/mol. The number of aromatic nitrogens is 1. The number of halogens is 5. The third-order valence-corrected chi connectivity index (χ3v) is 9.13. The van der Waals surface area contributed by atoms with Crippen LogP contribution in [0.1, 0.15) is 89.3 Å². The second kappa shape index (κ2) is 14.8. The summed E-state index contributed by atoms with van der Waals surface area (Å²) in [5, 5.41) is 0.837. The number of anilines is 1. The predicted octanol–water partition coefficient (Wildman–Crippen LogP) is 11.3. The number of ether oxygens (including phenoxy) is 2. The van der Waals surface area contributed by atoms with E-state index < -0.39 is 29.8 Å². The second-order valence-corrected chi connectivity index (χ2v) is 13.7. The Morgan fingerprint density at radius 1 is 0.956 bits per heavy atom. The first-order chi connectivity index (χ1) is 21.3. The Balaban J connectivity index is 2.11. The van der Waals surface area contributed by atoms with Gasteiger partial charge in [0.15, 0.2) is 0 Å². The molecule has 2 aromatic carbocycles. The minimum Gasteiger partial charge on any atom is -0.449 e. The van der Waals surface area contributed by atoms with Crippen LogP contribution in [0.15, 0.2) is 51.7 Å². The molecule has 0 fully saturated rings. The van der Waals surface area contributed by atoms with Gasteiger partial charge in [0.1, 0.15) is 5.82 Å². The van der Waals surface area contributed by atoms with Crippen molar-refractivity contribution in [2.45, 2.75) is 78.8 Å². The van der Waals surface area contributed by atoms with E-state index in [-0.39, 0.29) is 36.4 Å². The first kappa shape index (κ1) is 35.1. The number of rotatable bonds is 10. The SMILES string of the molecule is CCCCCCC1=C(I)C(c2ccccc2Cl)c2c(n(C(=O)OCC(C)C)c3cc(C(F)(F)F)ccc23)N1C(=O)OCC(C)C. The average Bonchev–Trinajstić information content (AvgIpc) is 3.31. The van der Waals surface area contributed by atoms with Crippen molar-refractivity contribution in [2.75, 3.05) is 18.1 Å². The molecule has 244 valence electrons. The van der Waals surface area contributed by atoms with Gasteiger partial charge in [-0.2, -0.15) is 13.2 Å². The third kappa shape index (κ3) is 7.64. The molecule has 11 heteroatoms. The molecule has 6 nitrogen and oxygen atoms in total. The Morgan fingerprint density at radius 3 is 2.20 bits per heavy atom. The zero-order valence-corrected chi connectivity index (χ0v) is 29.1. The molecule has 2 heterocycles. The zero-order chi connectivity index (χ0) is 33.1. The van der Waals surface area contributed by atoms with Crippen LogP contribution in [0.25, 0.3) is 10.9 Å². The van der Waals surface area contributed by atoms with Crippen molar-refractivity contribution >= 4 is 63.1 Å². The molecule has 1 aromatic heterocycles. The Hall–Kier alpha value is -2.73. The maximum atomic E-state index is 14.1. The van der Waals surface area contributed by atoms with Crippen molar-refractivity contribution in [2.24, 2.45) is 11.8 Å². The van der Waals surface area contributed by atoms with Crippen LogP contribution in [-0.2, 0) is 15.7 Å². The van der Waals surface area contributed by atoms with Crippen LogP contribution >= 0.6 is 34.2 Å². The monoisotopic (exact) mass is 758 g/mol. The summed E-state index contributed by atoms with van der Waals surface area (Å²) in [6.07, 6.45) is -2.09. The molecule has 0 radical (unpaired) electrons. The van der Waals surface area contributed by atoms with Crippen LogP contribution in [0.4, 0.5) is 28.6 Å². The van der Waals surface area contributed by atoms with Gasteiger partial charge in [0.2, 0.25) is 0 Å².